The Morgan fingerprint density at radius 3 is 2.50 bits per heavy atom. The largest absolute Gasteiger partial charge is 0.494 e. The lowest BCUT2D eigenvalue weighted by Gasteiger charge is -2.07. The molecule has 0 unspecified atom stereocenters. The quantitative estimate of drug-likeness (QED) is 0.760. The summed E-state index contributed by atoms with van der Waals surface area (Å²) < 4.78 is 12.8. The zero-order chi connectivity index (χ0) is 17.4. The predicted molar refractivity (Wildman–Crippen MR) is 93.9 cm³/mol. The van der Waals surface area contributed by atoms with Gasteiger partial charge in [0.2, 0.25) is 5.88 Å². The summed E-state index contributed by atoms with van der Waals surface area (Å²) in [5, 5.41) is 7.22. The van der Waals surface area contributed by atoms with Crippen molar-refractivity contribution in [2.75, 3.05) is 18.5 Å². The van der Waals surface area contributed by atoms with E-state index in [1.165, 1.54) is 0 Å². The average Bonchev–Trinajstić information content (AvgIpc) is 2.98. The molecule has 1 N–H and O–H groups in total. The van der Waals surface area contributed by atoms with Gasteiger partial charge >= 0.3 is 0 Å². The number of carbonyl (C=O) groups excluding carboxylic acids is 1. The molecule has 0 aliphatic rings. The van der Waals surface area contributed by atoms with Gasteiger partial charge in [-0.25, -0.2) is 0 Å². The van der Waals surface area contributed by atoms with E-state index >= 15 is 0 Å². The number of aromatic nitrogens is 2. The molecule has 2 rings (SSSR count). The minimum atomic E-state index is -0.229. The number of nitrogens with zero attached hydrogens (tertiary/aromatic N) is 2. The van der Waals surface area contributed by atoms with Gasteiger partial charge in [0.25, 0.3) is 5.91 Å². The second-order valence-corrected chi connectivity index (χ2v) is 5.37. The summed E-state index contributed by atoms with van der Waals surface area (Å²) >= 11 is 0. The fraction of sp³-hybridized carbons (Fsp3) is 0.444. The molecule has 0 atom stereocenters. The summed E-state index contributed by atoms with van der Waals surface area (Å²) in [5.41, 5.74) is 1.15. The molecule has 1 heterocycles. The Balaban J connectivity index is 2.12. The third kappa shape index (κ3) is 4.75. The summed E-state index contributed by atoms with van der Waals surface area (Å²) in [4.78, 5) is 12.6. The monoisotopic (exact) mass is 331 g/mol. The second kappa shape index (κ2) is 8.96. The van der Waals surface area contributed by atoms with E-state index in [4.69, 9.17) is 9.47 Å². The average molecular weight is 331 g/mol. The van der Waals surface area contributed by atoms with Crippen LogP contribution in [-0.4, -0.2) is 28.9 Å². The molecule has 6 nitrogen and oxygen atoms in total. The van der Waals surface area contributed by atoms with E-state index in [0.717, 1.165) is 25.1 Å². The highest BCUT2D eigenvalue weighted by molar-refractivity contribution is 6.05. The molecule has 2 aromatic rings. The van der Waals surface area contributed by atoms with Crippen molar-refractivity contribution in [2.24, 2.45) is 0 Å². The van der Waals surface area contributed by atoms with Gasteiger partial charge in [-0.1, -0.05) is 13.8 Å². The summed E-state index contributed by atoms with van der Waals surface area (Å²) in [7, 11) is 0. The zero-order valence-corrected chi connectivity index (χ0v) is 14.5. The normalized spacial score (nSPS) is 10.5. The Kier molecular flexibility index (Phi) is 6.66. The van der Waals surface area contributed by atoms with Crippen LogP contribution in [0.15, 0.2) is 30.5 Å². The van der Waals surface area contributed by atoms with Gasteiger partial charge in [0.1, 0.15) is 11.3 Å². The van der Waals surface area contributed by atoms with Crippen molar-refractivity contribution in [1.29, 1.82) is 0 Å². The highest BCUT2D eigenvalue weighted by Crippen LogP contribution is 2.20. The Labute approximate surface area is 142 Å². The molecular formula is C18H25N3O3. The maximum Gasteiger partial charge on any atom is 0.262 e. The number of hydrogen-bond acceptors (Lipinski definition) is 4. The Morgan fingerprint density at radius 2 is 1.88 bits per heavy atom. The SMILES string of the molecule is CCCOc1nn(CCC)cc1C(=O)Nc1ccc(OCC)cc1. The Hall–Kier alpha value is -2.50. The maximum absolute atomic E-state index is 12.6. The van der Waals surface area contributed by atoms with Gasteiger partial charge in [-0.05, 0) is 44.0 Å². The smallest absolute Gasteiger partial charge is 0.262 e. The van der Waals surface area contributed by atoms with Crippen molar-refractivity contribution in [3.05, 3.63) is 36.0 Å². The fourth-order valence-electron chi connectivity index (χ4n) is 2.21. The summed E-state index contributed by atoms with van der Waals surface area (Å²) in [6, 6.07) is 7.28. The molecule has 0 aliphatic heterocycles. The van der Waals surface area contributed by atoms with E-state index in [1.54, 1.807) is 10.9 Å². The van der Waals surface area contributed by atoms with E-state index < -0.39 is 0 Å². The van der Waals surface area contributed by atoms with Crippen LogP contribution in [0.5, 0.6) is 11.6 Å². The van der Waals surface area contributed by atoms with E-state index in [0.29, 0.717) is 30.3 Å². The van der Waals surface area contributed by atoms with Gasteiger partial charge < -0.3 is 14.8 Å². The van der Waals surface area contributed by atoms with Crippen LogP contribution in [0.1, 0.15) is 44.0 Å². The molecule has 24 heavy (non-hydrogen) atoms. The molecular weight excluding hydrogens is 306 g/mol. The number of anilines is 1. The lowest BCUT2D eigenvalue weighted by atomic mass is 10.2. The Bertz CT molecular complexity index is 650. The molecule has 6 heteroatoms. The number of hydrogen-bond donors (Lipinski definition) is 1. The highest BCUT2D eigenvalue weighted by Gasteiger charge is 2.18. The van der Waals surface area contributed by atoms with Crippen molar-refractivity contribution in [1.82, 2.24) is 9.78 Å². The van der Waals surface area contributed by atoms with Gasteiger partial charge in [-0.2, -0.15) is 0 Å². The first kappa shape index (κ1) is 17.8. The van der Waals surface area contributed by atoms with Gasteiger partial charge in [-0.15, -0.1) is 5.10 Å². The topological polar surface area (TPSA) is 65.4 Å². The maximum atomic E-state index is 12.6. The lowest BCUT2D eigenvalue weighted by Crippen LogP contribution is -2.13. The van der Waals surface area contributed by atoms with Crippen molar-refractivity contribution in [2.45, 2.75) is 40.2 Å². The molecule has 1 aromatic carbocycles. The number of amides is 1. The molecule has 0 bridgehead atoms. The number of carbonyl (C=O) groups is 1. The zero-order valence-electron chi connectivity index (χ0n) is 14.5. The van der Waals surface area contributed by atoms with Crippen LogP contribution in [0.2, 0.25) is 0 Å². The number of rotatable bonds is 9. The molecule has 1 aromatic heterocycles. The van der Waals surface area contributed by atoms with Crippen LogP contribution in [0.25, 0.3) is 0 Å². The van der Waals surface area contributed by atoms with Gasteiger partial charge in [0, 0.05) is 18.4 Å². The first-order chi connectivity index (χ1) is 11.7. The third-order valence-electron chi connectivity index (χ3n) is 3.29. The van der Waals surface area contributed by atoms with Crippen LogP contribution in [0.4, 0.5) is 5.69 Å². The highest BCUT2D eigenvalue weighted by atomic mass is 16.5. The van der Waals surface area contributed by atoms with Gasteiger partial charge in [0.15, 0.2) is 0 Å². The number of ether oxygens (including phenoxy) is 2. The van der Waals surface area contributed by atoms with E-state index in [-0.39, 0.29) is 5.91 Å². The second-order valence-electron chi connectivity index (χ2n) is 5.37. The van der Waals surface area contributed by atoms with Crippen LogP contribution in [0.3, 0.4) is 0 Å². The van der Waals surface area contributed by atoms with Gasteiger partial charge in [0.05, 0.1) is 13.2 Å². The Morgan fingerprint density at radius 1 is 1.12 bits per heavy atom. The van der Waals surface area contributed by atoms with Crippen LogP contribution in [0, 0.1) is 0 Å². The minimum absolute atomic E-state index is 0.229. The third-order valence-corrected chi connectivity index (χ3v) is 3.29. The fourth-order valence-corrected chi connectivity index (χ4v) is 2.21. The molecule has 0 spiro atoms. The molecule has 0 saturated carbocycles. The van der Waals surface area contributed by atoms with Crippen molar-refractivity contribution >= 4 is 11.6 Å². The minimum Gasteiger partial charge on any atom is -0.494 e. The van der Waals surface area contributed by atoms with Gasteiger partial charge in [-0.3, -0.25) is 9.48 Å². The molecule has 0 aliphatic carbocycles. The van der Waals surface area contributed by atoms with E-state index in [9.17, 15) is 4.79 Å². The van der Waals surface area contributed by atoms with Crippen LogP contribution < -0.4 is 14.8 Å². The van der Waals surface area contributed by atoms with Crippen LogP contribution in [-0.2, 0) is 6.54 Å². The van der Waals surface area contributed by atoms with Crippen molar-refractivity contribution < 1.29 is 14.3 Å². The van der Waals surface area contributed by atoms with Crippen molar-refractivity contribution in [3.8, 4) is 11.6 Å². The molecule has 130 valence electrons. The molecule has 0 radical (unpaired) electrons. The van der Waals surface area contributed by atoms with E-state index in [1.807, 2.05) is 38.1 Å². The summed E-state index contributed by atoms with van der Waals surface area (Å²) in [6.45, 7) is 7.91. The summed E-state index contributed by atoms with van der Waals surface area (Å²) in [5.74, 6) is 0.930. The molecule has 0 saturated heterocycles. The molecule has 0 fully saturated rings. The molecule has 1 amide bonds. The number of nitrogens with one attached hydrogen (secondary N) is 1. The standard InChI is InChI=1S/C18H25N3O3/c1-4-11-21-13-16(18(20-21)24-12-5-2)17(22)19-14-7-9-15(10-8-14)23-6-3/h7-10,13H,4-6,11-12H2,1-3H3,(H,19,22). The number of benzene rings is 1. The predicted octanol–water partition coefficient (Wildman–Crippen LogP) is 3.73. The first-order valence-electron chi connectivity index (χ1n) is 8.42. The van der Waals surface area contributed by atoms with Crippen LogP contribution >= 0.6 is 0 Å². The van der Waals surface area contributed by atoms with Crippen molar-refractivity contribution in [3.63, 3.8) is 0 Å². The number of aryl methyl sites for hydroxylation is 1. The lowest BCUT2D eigenvalue weighted by molar-refractivity contribution is 0.102. The van der Waals surface area contributed by atoms with E-state index in [2.05, 4.69) is 17.3 Å². The summed E-state index contributed by atoms with van der Waals surface area (Å²) in [6.07, 6.45) is 3.54. The first-order valence-corrected chi connectivity index (χ1v) is 8.42.